The first-order valence-corrected chi connectivity index (χ1v) is 5.39. The van der Waals surface area contributed by atoms with Crippen molar-refractivity contribution in [3.8, 4) is 0 Å². The highest BCUT2D eigenvalue weighted by Gasteiger charge is 2.19. The van der Waals surface area contributed by atoms with Crippen molar-refractivity contribution in [2.75, 3.05) is 26.3 Å². The maximum atomic E-state index is 10.7. The molecular formula is C10H20N2O4. The van der Waals surface area contributed by atoms with E-state index in [4.69, 9.17) is 15.6 Å². The number of Topliss-reactive ketones (excluding diaryl/α,β-unsaturated/α-hetero) is 1. The van der Waals surface area contributed by atoms with Gasteiger partial charge in [-0.2, -0.15) is 0 Å². The first kappa shape index (κ1) is 15.0. The van der Waals surface area contributed by atoms with E-state index in [0.29, 0.717) is 6.42 Å². The van der Waals surface area contributed by atoms with Crippen LogP contribution in [0.4, 0.5) is 0 Å². The molecule has 0 aromatic carbocycles. The van der Waals surface area contributed by atoms with Crippen LogP contribution in [0.15, 0.2) is 0 Å². The van der Waals surface area contributed by atoms with E-state index in [1.165, 1.54) is 0 Å². The second-order valence-electron chi connectivity index (χ2n) is 3.39. The number of aliphatic carboxylic acids is 1. The highest BCUT2D eigenvalue weighted by atomic mass is 16.5. The van der Waals surface area contributed by atoms with E-state index in [0.717, 1.165) is 26.3 Å². The molecule has 0 radical (unpaired) electrons. The maximum absolute atomic E-state index is 10.7. The molecule has 94 valence electrons. The number of morpholine rings is 1. The van der Waals surface area contributed by atoms with Crippen LogP contribution in [0.3, 0.4) is 0 Å². The van der Waals surface area contributed by atoms with Crippen LogP contribution in [0.2, 0.25) is 0 Å². The van der Waals surface area contributed by atoms with Crippen molar-refractivity contribution >= 4 is 11.8 Å². The minimum atomic E-state index is -1.33. The molecule has 1 saturated heterocycles. The van der Waals surface area contributed by atoms with Gasteiger partial charge in [-0.25, -0.2) is 0 Å². The Morgan fingerprint density at radius 2 is 2.00 bits per heavy atom. The third-order valence-corrected chi connectivity index (χ3v) is 1.96. The third kappa shape index (κ3) is 7.33. The lowest BCUT2D eigenvalue weighted by Crippen LogP contribution is -2.38. The topological polar surface area (TPSA) is 102 Å². The van der Waals surface area contributed by atoms with Gasteiger partial charge < -0.3 is 20.9 Å². The number of ether oxygens (including phenoxy) is 1. The summed E-state index contributed by atoms with van der Waals surface area (Å²) in [7, 11) is 0. The van der Waals surface area contributed by atoms with Gasteiger partial charge >= 0.3 is 5.97 Å². The Kier molecular flexibility index (Phi) is 8.69. The van der Waals surface area contributed by atoms with Crippen molar-refractivity contribution in [3.05, 3.63) is 0 Å². The van der Waals surface area contributed by atoms with Crippen LogP contribution in [0, 0.1) is 0 Å². The molecule has 0 saturated carbocycles. The fraction of sp³-hybridized carbons (Fsp3) is 0.800. The highest BCUT2D eigenvalue weighted by molar-refractivity contribution is 6.01. The number of nitrogens with one attached hydrogen (secondary N) is 1. The minimum absolute atomic E-state index is 0.244. The SMILES string of the molecule is C1COCCN1.CCCC(=O)C(N)C(=O)O. The van der Waals surface area contributed by atoms with Gasteiger partial charge in [0.15, 0.2) is 11.8 Å². The van der Waals surface area contributed by atoms with Crippen molar-refractivity contribution in [2.45, 2.75) is 25.8 Å². The number of rotatable bonds is 4. The lowest BCUT2D eigenvalue weighted by molar-refractivity contribution is -0.142. The average Bonchev–Trinajstić information content (AvgIpc) is 2.31. The van der Waals surface area contributed by atoms with Crippen LogP contribution in [0.1, 0.15) is 19.8 Å². The summed E-state index contributed by atoms with van der Waals surface area (Å²) in [6, 6.07) is -1.33. The Morgan fingerprint density at radius 3 is 2.25 bits per heavy atom. The smallest absolute Gasteiger partial charge is 0.328 e. The summed E-state index contributed by atoms with van der Waals surface area (Å²) < 4.78 is 5.01. The Bertz CT molecular complexity index is 205. The van der Waals surface area contributed by atoms with E-state index in [2.05, 4.69) is 5.32 Å². The molecule has 0 spiro atoms. The minimum Gasteiger partial charge on any atom is -0.480 e. The van der Waals surface area contributed by atoms with Crippen molar-refractivity contribution < 1.29 is 19.4 Å². The second-order valence-corrected chi connectivity index (χ2v) is 3.39. The quantitative estimate of drug-likeness (QED) is 0.558. The largest absolute Gasteiger partial charge is 0.480 e. The van der Waals surface area contributed by atoms with Crippen LogP contribution in [0.5, 0.6) is 0 Å². The van der Waals surface area contributed by atoms with Crippen LogP contribution < -0.4 is 11.1 Å². The molecule has 4 N–H and O–H groups in total. The number of hydrogen-bond acceptors (Lipinski definition) is 5. The predicted molar refractivity (Wildman–Crippen MR) is 59.2 cm³/mol. The Morgan fingerprint density at radius 1 is 1.44 bits per heavy atom. The van der Waals surface area contributed by atoms with Gasteiger partial charge in [-0.15, -0.1) is 0 Å². The van der Waals surface area contributed by atoms with Gasteiger partial charge in [-0.05, 0) is 6.42 Å². The summed E-state index contributed by atoms with van der Waals surface area (Å²) in [5.74, 6) is -1.66. The van der Waals surface area contributed by atoms with Crippen molar-refractivity contribution in [1.29, 1.82) is 0 Å². The van der Waals surface area contributed by atoms with Crippen molar-refractivity contribution in [2.24, 2.45) is 5.73 Å². The van der Waals surface area contributed by atoms with E-state index in [9.17, 15) is 9.59 Å². The highest BCUT2D eigenvalue weighted by Crippen LogP contribution is 1.92. The van der Waals surface area contributed by atoms with Crippen LogP contribution in [0.25, 0.3) is 0 Å². The second kappa shape index (κ2) is 9.26. The van der Waals surface area contributed by atoms with E-state index >= 15 is 0 Å². The number of carboxylic acids is 1. The van der Waals surface area contributed by atoms with Gasteiger partial charge in [0.05, 0.1) is 13.2 Å². The fourth-order valence-electron chi connectivity index (χ4n) is 1.06. The zero-order valence-electron chi connectivity index (χ0n) is 9.57. The van der Waals surface area contributed by atoms with Crippen LogP contribution >= 0.6 is 0 Å². The number of carbonyl (C=O) groups excluding carboxylic acids is 1. The van der Waals surface area contributed by atoms with Gasteiger partial charge in [0.2, 0.25) is 0 Å². The zero-order chi connectivity index (χ0) is 12.4. The summed E-state index contributed by atoms with van der Waals surface area (Å²) in [4.78, 5) is 20.7. The number of carbonyl (C=O) groups is 2. The molecule has 1 rings (SSSR count). The van der Waals surface area contributed by atoms with Gasteiger partial charge in [-0.3, -0.25) is 9.59 Å². The average molecular weight is 232 g/mol. The van der Waals surface area contributed by atoms with Gasteiger partial charge in [0.25, 0.3) is 0 Å². The third-order valence-electron chi connectivity index (χ3n) is 1.96. The molecule has 0 aromatic heterocycles. The number of hydrogen-bond donors (Lipinski definition) is 3. The molecule has 0 aliphatic carbocycles. The molecule has 1 unspecified atom stereocenters. The summed E-state index contributed by atoms with van der Waals surface area (Å²) in [5.41, 5.74) is 5.00. The molecule has 0 bridgehead atoms. The van der Waals surface area contributed by atoms with E-state index in [-0.39, 0.29) is 6.42 Å². The summed E-state index contributed by atoms with van der Waals surface area (Å²) >= 11 is 0. The molecule has 6 nitrogen and oxygen atoms in total. The van der Waals surface area contributed by atoms with Gasteiger partial charge in [0.1, 0.15) is 0 Å². The molecule has 0 aromatic rings. The molecule has 6 heteroatoms. The molecule has 1 atom stereocenters. The first-order chi connectivity index (χ1) is 7.59. The molecule has 1 aliphatic heterocycles. The maximum Gasteiger partial charge on any atom is 0.328 e. The molecule has 1 fully saturated rings. The predicted octanol–water partition coefficient (Wildman–Crippen LogP) is -0.626. The Labute approximate surface area is 95.1 Å². The normalized spacial score (nSPS) is 16.9. The number of ketones is 1. The van der Waals surface area contributed by atoms with Crippen molar-refractivity contribution in [3.63, 3.8) is 0 Å². The Balaban J connectivity index is 0.000000315. The fourth-order valence-corrected chi connectivity index (χ4v) is 1.06. The standard InChI is InChI=1S/C6H11NO3.C4H9NO/c1-2-3-4(8)5(7)6(9)10;1-3-6-4-2-5-1/h5H,2-3,7H2,1H3,(H,9,10);5H,1-4H2. The zero-order valence-corrected chi connectivity index (χ0v) is 9.57. The lowest BCUT2D eigenvalue weighted by atomic mass is 10.1. The van der Waals surface area contributed by atoms with Crippen LogP contribution in [-0.2, 0) is 14.3 Å². The summed E-state index contributed by atoms with van der Waals surface area (Å²) in [6.45, 7) is 5.63. The summed E-state index contributed by atoms with van der Waals surface area (Å²) in [5, 5.41) is 11.4. The van der Waals surface area contributed by atoms with E-state index < -0.39 is 17.8 Å². The lowest BCUT2D eigenvalue weighted by Gasteiger charge is -2.10. The van der Waals surface area contributed by atoms with Gasteiger partial charge in [0, 0.05) is 19.5 Å². The van der Waals surface area contributed by atoms with Crippen LogP contribution in [-0.4, -0.2) is 49.2 Å². The van der Waals surface area contributed by atoms with Gasteiger partial charge in [-0.1, -0.05) is 6.92 Å². The molecule has 16 heavy (non-hydrogen) atoms. The molecule has 0 amide bonds. The molecule has 1 heterocycles. The monoisotopic (exact) mass is 232 g/mol. The molecule has 1 aliphatic rings. The van der Waals surface area contributed by atoms with Crippen molar-refractivity contribution in [1.82, 2.24) is 5.32 Å². The van der Waals surface area contributed by atoms with E-state index in [1.807, 2.05) is 0 Å². The molecular weight excluding hydrogens is 212 g/mol. The van der Waals surface area contributed by atoms with E-state index in [1.54, 1.807) is 6.92 Å². The number of nitrogens with two attached hydrogens (primary N) is 1. The first-order valence-electron chi connectivity index (χ1n) is 5.39. The Hall–Kier alpha value is -0.980. The number of carboxylic acid groups (broad SMARTS) is 1. The summed E-state index contributed by atoms with van der Waals surface area (Å²) in [6.07, 6.45) is 0.882.